The van der Waals surface area contributed by atoms with Crippen LogP contribution in [0.1, 0.15) is 34.6 Å². The van der Waals surface area contributed by atoms with Crippen molar-refractivity contribution in [2.24, 2.45) is 5.92 Å². The average molecular weight is 262 g/mol. The predicted octanol–water partition coefficient (Wildman–Crippen LogP) is 1.98. The van der Waals surface area contributed by atoms with Gasteiger partial charge >= 0.3 is 0 Å². The molecule has 0 saturated heterocycles. The third-order valence-corrected chi connectivity index (χ3v) is 2.94. The van der Waals surface area contributed by atoms with Crippen molar-refractivity contribution >= 4 is 5.82 Å². The van der Waals surface area contributed by atoms with Crippen LogP contribution in [0.4, 0.5) is 5.82 Å². The van der Waals surface area contributed by atoms with E-state index in [1.165, 1.54) is 0 Å². The summed E-state index contributed by atoms with van der Waals surface area (Å²) in [5.41, 5.74) is -0.392. The molecule has 104 valence electrons. The molecule has 0 spiro atoms. The molecule has 0 aliphatic rings. The largest absolute Gasteiger partial charge is 0.351 e. The van der Waals surface area contributed by atoms with Crippen molar-refractivity contribution < 1.29 is 0 Å². The Hall–Kier alpha value is -1.83. The Morgan fingerprint density at radius 1 is 1.53 bits per heavy atom. The molecular formula is C14H22N4O. The molecule has 1 rings (SSSR count). The van der Waals surface area contributed by atoms with E-state index in [1.54, 1.807) is 17.0 Å². The number of anilines is 1. The van der Waals surface area contributed by atoms with Gasteiger partial charge in [-0.05, 0) is 34.6 Å². The fourth-order valence-corrected chi connectivity index (χ4v) is 1.88. The normalized spacial score (nSPS) is 12.8. The molecule has 0 aliphatic heterocycles. The summed E-state index contributed by atoms with van der Waals surface area (Å²) in [7, 11) is 0. The molecule has 0 amide bonds. The van der Waals surface area contributed by atoms with Gasteiger partial charge in [0, 0.05) is 31.0 Å². The van der Waals surface area contributed by atoms with Crippen LogP contribution >= 0.6 is 0 Å². The molecule has 0 bridgehead atoms. The third-order valence-electron chi connectivity index (χ3n) is 2.94. The summed E-state index contributed by atoms with van der Waals surface area (Å²) in [4.78, 5) is 18.5. The maximum Gasteiger partial charge on any atom is 0.293 e. The molecule has 0 fully saturated rings. The van der Waals surface area contributed by atoms with Crippen molar-refractivity contribution in [1.29, 1.82) is 5.26 Å². The zero-order valence-corrected chi connectivity index (χ0v) is 12.3. The van der Waals surface area contributed by atoms with Gasteiger partial charge in [0.15, 0.2) is 5.82 Å². The third kappa shape index (κ3) is 3.57. The Balaban J connectivity index is 3.20. The summed E-state index contributed by atoms with van der Waals surface area (Å²) in [6.07, 6.45) is 3.34. The van der Waals surface area contributed by atoms with Gasteiger partial charge in [-0.3, -0.25) is 4.79 Å². The molecule has 0 N–H and O–H groups in total. The Kier molecular flexibility index (Phi) is 4.71. The summed E-state index contributed by atoms with van der Waals surface area (Å²) in [5, 5.41) is 8.90. The number of aromatic nitrogens is 2. The zero-order chi connectivity index (χ0) is 14.6. The van der Waals surface area contributed by atoms with Crippen LogP contribution in [-0.4, -0.2) is 22.6 Å². The minimum absolute atomic E-state index is 0.109. The molecule has 0 aliphatic carbocycles. The maximum atomic E-state index is 12.5. The molecule has 0 radical (unpaired) electrons. The highest BCUT2D eigenvalue weighted by Gasteiger charge is 2.20. The minimum atomic E-state index is -0.283. The molecule has 1 aromatic rings. The number of rotatable bonds is 4. The van der Waals surface area contributed by atoms with Crippen molar-refractivity contribution in [2.45, 2.75) is 40.2 Å². The van der Waals surface area contributed by atoms with Crippen LogP contribution in [0, 0.1) is 17.2 Å². The molecule has 19 heavy (non-hydrogen) atoms. The molecule has 0 saturated carbocycles. The van der Waals surface area contributed by atoms with E-state index in [1.807, 2.05) is 39.5 Å². The Labute approximate surface area is 114 Å². The van der Waals surface area contributed by atoms with Gasteiger partial charge in [-0.1, -0.05) is 0 Å². The van der Waals surface area contributed by atoms with E-state index in [0.717, 1.165) is 0 Å². The van der Waals surface area contributed by atoms with Crippen LogP contribution in [0.3, 0.4) is 0 Å². The smallest absolute Gasteiger partial charge is 0.293 e. The fraction of sp³-hybridized carbons (Fsp3) is 0.643. The monoisotopic (exact) mass is 262 g/mol. The second-order valence-corrected chi connectivity index (χ2v) is 5.67. The first-order valence-electron chi connectivity index (χ1n) is 6.54. The highest BCUT2D eigenvalue weighted by atomic mass is 16.1. The second kappa shape index (κ2) is 5.87. The van der Waals surface area contributed by atoms with Crippen LogP contribution < -0.4 is 10.5 Å². The Bertz CT molecular complexity index is 521. The van der Waals surface area contributed by atoms with Crippen molar-refractivity contribution in [3.8, 4) is 6.07 Å². The highest BCUT2D eigenvalue weighted by molar-refractivity contribution is 5.36. The van der Waals surface area contributed by atoms with Gasteiger partial charge in [-0.25, -0.2) is 4.98 Å². The number of nitrogens with zero attached hydrogens (tertiary/aromatic N) is 4. The van der Waals surface area contributed by atoms with Crippen LogP contribution in [0.5, 0.6) is 0 Å². The summed E-state index contributed by atoms with van der Waals surface area (Å²) in [5.74, 6) is 0.284. The van der Waals surface area contributed by atoms with E-state index < -0.39 is 0 Å². The predicted molar refractivity (Wildman–Crippen MR) is 76.2 cm³/mol. The first-order chi connectivity index (χ1) is 8.81. The van der Waals surface area contributed by atoms with Gasteiger partial charge in [0.05, 0.1) is 12.0 Å². The van der Waals surface area contributed by atoms with Crippen molar-refractivity contribution in [2.75, 3.05) is 18.0 Å². The molecule has 0 aromatic carbocycles. The van der Waals surface area contributed by atoms with E-state index >= 15 is 0 Å². The Morgan fingerprint density at radius 3 is 2.63 bits per heavy atom. The lowest BCUT2D eigenvalue weighted by Crippen LogP contribution is -2.40. The van der Waals surface area contributed by atoms with E-state index in [9.17, 15) is 4.79 Å². The summed E-state index contributed by atoms with van der Waals surface area (Å²) < 4.78 is 1.68. The zero-order valence-electron chi connectivity index (χ0n) is 12.3. The lowest BCUT2D eigenvalue weighted by Gasteiger charge is -2.26. The van der Waals surface area contributed by atoms with Crippen LogP contribution in [-0.2, 0) is 5.54 Å². The first-order valence-corrected chi connectivity index (χ1v) is 6.54. The Morgan fingerprint density at radius 2 is 2.16 bits per heavy atom. The van der Waals surface area contributed by atoms with E-state index in [4.69, 9.17) is 5.26 Å². The number of nitriles is 1. The van der Waals surface area contributed by atoms with E-state index in [0.29, 0.717) is 18.9 Å². The van der Waals surface area contributed by atoms with Gasteiger partial charge in [-0.2, -0.15) is 5.26 Å². The van der Waals surface area contributed by atoms with Gasteiger partial charge in [-0.15, -0.1) is 0 Å². The summed E-state index contributed by atoms with van der Waals surface area (Å²) in [6.45, 7) is 10.9. The molecule has 5 heteroatoms. The van der Waals surface area contributed by atoms with E-state index in [2.05, 4.69) is 11.1 Å². The average Bonchev–Trinajstić information content (AvgIpc) is 2.34. The number of hydrogen-bond acceptors (Lipinski definition) is 4. The minimum Gasteiger partial charge on any atom is -0.351 e. The van der Waals surface area contributed by atoms with Gasteiger partial charge in [0.1, 0.15) is 0 Å². The molecule has 1 heterocycles. The standard InChI is InChI=1S/C14H22N4O/c1-6-17(10-11(2)9-15)12-13(19)18(8-7-16-12)14(3,4)5/h7-8,11H,6,10H2,1-5H3. The molecule has 1 aromatic heterocycles. The fourth-order valence-electron chi connectivity index (χ4n) is 1.88. The topological polar surface area (TPSA) is 61.9 Å². The van der Waals surface area contributed by atoms with Crippen LogP contribution in [0.25, 0.3) is 0 Å². The lowest BCUT2D eigenvalue weighted by molar-refractivity contribution is 0.382. The van der Waals surface area contributed by atoms with Crippen LogP contribution in [0.2, 0.25) is 0 Å². The quantitative estimate of drug-likeness (QED) is 0.832. The molecule has 1 atom stereocenters. The number of hydrogen-bond donors (Lipinski definition) is 0. The van der Waals surface area contributed by atoms with Crippen molar-refractivity contribution in [3.05, 3.63) is 22.7 Å². The molecular weight excluding hydrogens is 240 g/mol. The van der Waals surface area contributed by atoms with Crippen LogP contribution in [0.15, 0.2) is 17.2 Å². The summed E-state index contributed by atoms with van der Waals surface area (Å²) >= 11 is 0. The van der Waals surface area contributed by atoms with Gasteiger partial charge in [0.25, 0.3) is 5.56 Å². The molecule has 1 unspecified atom stereocenters. The SMILES string of the molecule is CCN(CC(C)C#N)c1nccn(C(C)(C)C)c1=O. The second-order valence-electron chi connectivity index (χ2n) is 5.67. The summed E-state index contributed by atoms with van der Waals surface area (Å²) in [6, 6.07) is 2.19. The first kappa shape index (κ1) is 15.2. The molecule has 5 nitrogen and oxygen atoms in total. The highest BCUT2D eigenvalue weighted by Crippen LogP contribution is 2.13. The van der Waals surface area contributed by atoms with Gasteiger partial charge < -0.3 is 9.47 Å². The lowest BCUT2D eigenvalue weighted by atomic mass is 10.1. The van der Waals surface area contributed by atoms with E-state index in [-0.39, 0.29) is 17.0 Å². The van der Waals surface area contributed by atoms with Crippen molar-refractivity contribution in [3.63, 3.8) is 0 Å². The maximum absolute atomic E-state index is 12.5. The van der Waals surface area contributed by atoms with Crippen molar-refractivity contribution in [1.82, 2.24) is 9.55 Å². The van der Waals surface area contributed by atoms with Gasteiger partial charge in [0.2, 0.25) is 0 Å².